The zero-order chi connectivity index (χ0) is 15.8. The Hall–Kier alpha value is -0.850. The molecule has 0 aromatic heterocycles. The molecule has 1 aromatic rings. The zero-order valence-corrected chi connectivity index (χ0v) is 16.2. The van der Waals surface area contributed by atoms with Gasteiger partial charge in [0.15, 0.2) is 0 Å². The van der Waals surface area contributed by atoms with E-state index in [4.69, 9.17) is 0 Å². The second kappa shape index (κ2) is 12.5. The van der Waals surface area contributed by atoms with Gasteiger partial charge in [-0.15, -0.1) is 24.8 Å². The number of amides is 1. The van der Waals surface area contributed by atoms with Gasteiger partial charge in [-0.2, -0.15) is 0 Å². The predicted octanol–water partition coefficient (Wildman–Crippen LogP) is 1.33. The maximum atomic E-state index is 12.1. The molecule has 2 rings (SSSR count). The van der Waals surface area contributed by atoms with Crippen LogP contribution in [0.25, 0.3) is 0 Å². The maximum Gasteiger partial charge on any atom is 0.236 e. The molecule has 0 saturated carbocycles. The Morgan fingerprint density at radius 2 is 1.67 bits per heavy atom. The number of benzene rings is 1. The second-order valence-electron chi connectivity index (χ2n) is 5.96. The summed E-state index contributed by atoms with van der Waals surface area (Å²) in [6, 6.07) is 10.6. The van der Waals surface area contributed by atoms with Crippen LogP contribution in [0.4, 0.5) is 0 Å². The average Bonchev–Trinajstić information content (AvgIpc) is 2.55. The van der Waals surface area contributed by atoms with E-state index in [1.165, 1.54) is 5.56 Å². The Morgan fingerprint density at radius 1 is 1.08 bits per heavy atom. The molecule has 1 saturated heterocycles. The number of hydrogen-bond acceptors (Lipinski definition) is 4. The van der Waals surface area contributed by atoms with E-state index in [1.54, 1.807) is 0 Å². The van der Waals surface area contributed by atoms with Crippen molar-refractivity contribution in [2.45, 2.75) is 6.54 Å². The maximum absolute atomic E-state index is 12.1. The van der Waals surface area contributed by atoms with Crippen molar-refractivity contribution in [2.75, 3.05) is 59.9 Å². The summed E-state index contributed by atoms with van der Waals surface area (Å²) in [5, 5.41) is 3.07. The molecule has 0 unspecified atom stereocenters. The normalized spacial score (nSPS) is 15.2. The van der Waals surface area contributed by atoms with Crippen molar-refractivity contribution in [1.29, 1.82) is 0 Å². The number of likely N-dealkylation sites (N-methyl/N-ethyl adjacent to an activating group) is 2. The summed E-state index contributed by atoms with van der Waals surface area (Å²) in [7, 11) is 3.79. The van der Waals surface area contributed by atoms with Crippen molar-refractivity contribution in [3.63, 3.8) is 0 Å². The Balaban J connectivity index is 0.00000264. The standard InChI is InChI=1S/C17H28N4O.2ClH/c1-18-8-9-19(2)17(22)15-21-12-10-20(11-13-21)14-16-6-4-3-5-7-16;;/h3-7,18H,8-15H2,1-2H3;2*1H. The SMILES string of the molecule is CNCCN(C)C(=O)CN1CCN(Cc2ccccc2)CC1.Cl.Cl. The molecule has 0 radical (unpaired) electrons. The molecule has 1 aromatic carbocycles. The molecule has 5 nitrogen and oxygen atoms in total. The summed E-state index contributed by atoms with van der Waals surface area (Å²) in [6.07, 6.45) is 0. The number of rotatable bonds is 7. The van der Waals surface area contributed by atoms with Gasteiger partial charge < -0.3 is 10.2 Å². The van der Waals surface area contributed by atoms with Gasteiger partial charge in [0.05, 0.1) is 6.54 Å². The number of carbonyl (C=O) groups is 1. The minimum Gasteiger partial charge on any atom is -0.343 e. The first-order valence-corrected chi connectivity index (χ1v) is 8.06. The average molecular weight is 377 g/mol. The molecular formula is C17H30Cl2N4O. The van der Waals surface area contributed by atoms with Crippen molar-refractivity contribution in [3.8, 4) is 0 Å². The third kappa shape index (κ3) is 7.81. The second-order valence-corrected chi connectivity index (χ2v) is 5.96. The highest BCUT2D eigenvalue weighted by Crippen LogP contribution is 2.08. The Bertz CT molecular complexity index is 453. The van der Waals surface area contributed by atoms with Crippen LogP contribution in [0.15, 0.2) is 30.3 Å². The zero-order valence-electron chi connectivity index (χ0n) is 14.6. The number of piperazine rings is 1. The van der Waals surface area contributed by atoms with Gasteiger partial charge in [-0.1, -0.05) is 30.3 Å². The van der Waals surface area contributed by atoms with Crippen molar-refractivity contribution in [1.82, 2.24) is 20.0 Å². The van der Waals surface area contributed by atoms with Crippen LogP contribution in [0, 0.1) is 0 Å². The van der Waals surface area contributed by atoms with Crippen molar-refractivity contribution >= 4 is 30.7 Å². The van der Waals surface area contributed by atoms with Gasteiger partial charge in [-0.3, -0.25) is 14.6 Å². The molecule has 0 aliphatic carbocycles. The van der Waals surface area contributed by atoms with Crippen LogP contribution >= 0.6 is 24.8 Å². The van der Waals surface area contributed by atoms with Gasteiger partial charge >= 0.3 is 0 Å². The first-order chi connectivity index (χ1) is 10.7. The molecule has 138 valence electrons. The number of carbonyl (C=O) groups excluding carboxylic acids is 1. The first-order valence-electron chi connectivity index (χ1n) is 8.06. The lowest BCUT2D eigenvalue weighted by atomic mass is 10.2. The van der Waals surface area contributed by atoms with E-state index in [1.807, 2.05) is 19.0 Å². The van der Waals surface area contributed by atoms with Crippen molar-refractivity contribution < 1.29 is 4.79 Å². The molecule has 0 atom stereocenters. The lowest BCUT2D eigenvalue weighted by Crippen LogP contribution is -2.49. The van der Waals surface area contributed by atoms with E-state index in [0.717, 1.165) is 45.8 Å². The highest BCUT2D eigenvalue weighted by atomic mass is 35.5. The van der Waals surface area contributed by atoms with Gasteiger partial charge in [-0.05, 0) is 12.6 Å². The van der Waals surface area contributed by atoms with Gasteiger partial charge in [0.1, 0.15) is 0 Å². The molecule has 0 bridgehead atoms. The topological polar surface area (TPSA) is 38.8 Å². The highest BCUT2D eigenvalue weighted by Gasteiger charge is 2.20. The monoisotopic (exact) mass is 376 g/mol. The Labute approximate surface area is 158 Å². The minimum absolute atomic E-state index is 0. The van der Waals surface area contributed by atoms with Crippen LogP contribution in [0.5, 0.6) is 0 Å². The number of nitrogens with zero attached hydrogens (tertiary/aromatic N) is 3. The molecular weight excluding hydrogens is 347 g/mol. The third-order valence-electron chi connectivity index (χ3n) is 4.20. The smallest absolute Gasteiger partial charge is 0.236 e. The Morgan fingerprint density at radius 3 is 2.25 bits per heavy atom. The summed E-state index contributed by atoms with van der Waals surface area (Å²) in [5.74, 6) is 0.215. The molecule has 0 spiro atoms. The molecule has 1 heterocycles. The fraction of sp³-hybridized carbons (Fsp3) is 0.588. The fourth-order valence-electron chi connectivity index (χ4n) is 2.66. The van der Waals surface area contributed by atoms with Crippen LogP contribution < -0.4 is 5.32 Å². The molecule has 1 fully saturated rings. The molecule has 24 heavy (non-hydrogen) atoms. The van der Waals surface area contributed by atoms with Crippen LogP contribution in [-0.4, -0.2) is 80.5 Å². The number of nitrogens with one attached hydrogen (secondary N) is 1. The van der Waals surface area contributed by atoms with Crippen LogP contribution in [0.3, 0.4) is 0 Å². The third-order valence-corrected chi connectivity index (χ3v) is 4.20. The van der Waals surface area contributed by atoms with Crippen molar-refractivity contribution in [2.24, 2.45) is 0 Å². The van der Waals surface area contributed by atoms with Gasteiger partial charge in [-0.25, -0.2) is 0 Å². The largest absolute Gasteiger partial charge is 0.343 e. The van der Waals surface area contributed by atoms with Gasteiger partial charge in [0, 0.05) is 52.9 Å². The lowest BCUT2D eigenvalue weighted by Gasteiger charge is -2.35. The molecule has 1 aliphatic heterocycles. The predicted molar refractivity (Wildman–Crippen MR) is 104 cm³/mol. The minimum atomic E-state index is 0. The number of hydrogen-bond donors (Lipinski definition) is 1. The van der Waals surface area contributed by atoms with E-state index in [-0.39, 0.29) is 30.7 Å². The summed E-state index contributed by atoms with van der Waals surface area (Å²) >= 11 is 0. The lowest BCUT2D eigenvalue weighted by molar-refractivity contribution is -0.131. The van der Waals surface area contributed by atoms with E-state index in [9.17, 15) is 4.79 Å². The van der Waals surface area contributed by atoms with E-state index in [2.05, 4.69) is 45.4 Å². The first kappa shape index (κ1) is 23.1. The van der Waals surface area contributed by atoms with Crippen molar-refractivity contribution in [3.05, 3.63) is 35.9 Å². The molecule has 1 N–H and O–H groups in total. The summed E-state index contributed by atoms with van der Waals surface area (Å²) in [5.41, 5.74) is 1.36. The quantitative estimate of drug-likeness (QED) is 0.778. The van der Waals surface area contributed by atoms with Gasteiger partial charge in [0.25, 0.3) is 0 Å². The Kier molecular flexibility index (Phi) is 12.1. The van der Waals surface area contributed by atoms with Crippen LogP contribution in [0.2, 0.25) is 0 Å². The number of halogens is 2. The van der Waals surface area contributed by atoms with E-state index in [0.29, 0.717) is 6.54 Å². The summed E-state index contributed by atoms with van der Waals surface area (Å²) in [4.78, 5) is 18.7. The summed E-state index contributed by atoms with van der Waals surface area (Å²) in [6.45, 7) is 7.15. The molecule has 1 amide bonds. The fourth-order valence-corrected chi connectivity index (χ4v) is 2.66. The van der Waals surface area contributed by atoms with Crippen LogP contribution in [-0.2, 0) is 11.3 Å². The van der Waals surface area contributed by atoms with E-state index >= 15 is 0 Å². The van der Waals surface area contributed by atoms with Crippen LogP contribution in [0.1, 0.15) is 5.56 Å². The van der Waals surface area contributed by atoms with Gasteiger partial charge in [0.2, 0.25) is 5.91 Å². The molecule has 1 aliphatic rings. The summed E-state index contributed by atoms with van der Waals surface area (Å²) < 4.78 is 0. The highest BCUT2D eigenvalue weighted by molar-refractivity contribution is 5.85. The van der Waals surface area contributed by atoms with E-state index < -0.39 is 0 Å². The molecule has 7 heteroatoms.